The summed E-state index contributed by atoms with van der Waals surface area (Å²) in [6.07, 6.45) is 9.59. The van der Waals surface area contributed by atoms with E-state index in [0.29, 0.717) is 11.1 Å². The molecule has 3 aromatic heterocycles. The molecule has 35 heavy (non-hydrogen) atoms. The summed E-state index contributed by atoms with van der Waals surface area (Å²) >= 11 is 12.5. The molecule has 0 spiro atoms. The number of carbonyl (C=O) groups excluding carboxylic acids is 1. The van der Waals surface area contributed by atoms with Crippen molar-refractivity contribution >= 4 is 34.8 Å². The molecule has 0 unspecified atom stereocenters. The zero-order valence-electron chi connectivity index (χ0n) is 17.3. The normalized spacial score (nSPS) is 10.2. The molecule has 0 radical (unpaired) electrons. The van der Waals surface area contributed by atoms with E-state index in [2.05, 4.69) is 31.4 Å². The number of anilines is 1. The summed E-state index contributed by atoms with van der Waals surface area (Å²) in [6.45, 7) is 0. The Labute approximate surface area is 207 Å². The Hall–Kier alpha value is -4.82. The van der Waals surface area contributed by atoms with Crippen LogP contribution in [0, 0.1) is 40.8 Å². The van der Waals surface area contributed by atoms with Gasteiger partial charge in [0, 0.05) is 23.5 Å². The Morgan fingerprint density at radius 2 is 1.77 bits per heavy atom. The van der Waals surface area contributed by atoms with E-state index in [0.717, 1.165) is 10.9 Å². The third-order valence-electron chi connectivity index (χ3n) is 4.66. The standard InChI is InChI=1S/C23H9Cl2FN8O/c1-2-12-10-29-4-3-14(12)15-6-17(24)16(7-19(15)26)23(35)31-13-5-18(25)22(30-11-13)34-32-20(8-27)21(9-28)33-34/h1,3-7,10-11H,(H,31,35). The lowest BCUT2D eigenvalue weighted by atomic mass is 10.00. The van der Waals surface area contributed by atoms with Crippen molar-refractivity contribution in [2.75, 3.05) is 5.32 Å². The summed E-state index contributed by atoms with van der Waals surface area (Å²) in [5.74, 6) is 1.03. The summed E-state index contributed by atoms with van der Waals surface area (Å²) < 4.78 is 14.9. The SMILES string of the molecule is C#Cc1cnccc1-c1cc(Cl)c(C(=O)Nc2cnc(-n3nc(C#N)c(C#N)n3)c(Cl)c2)cc1F. The van der Waals surface area contributed by atoms with E-state index in [9.17, 15) is 9.18 Å². The van der Waals surface area contributed by atoms with Crippen LogP contribution >= 0.6 is 23.2 Å². The number of pyridine rings is 2. The van der Waals surface area contributed by atoms with Crippen LogP contribution in [0.5, 0.6) is 0 Å². The highest BCUT2D eigenvalue weighted by molar-refractivity contribution is 6.35. The van der Waals surface area contributed by atoms with Gasteiger partial charge in [0.2, 0.25) is 11.4 Å². The molecule has 168 valence electrons. The molecule has 1 amide bonds. The summed E-state index contributed by atoms with van der Waals surface area (Å²) in [5.41, 5.74) is 0.559. The van der Waals surface area contributed by atoms with Crippen molar-refractivity contribution in [2.24, 2.45) is 0 Å². The first-order chi connectivity index (χ1) is 16.9. The first kappa shape index (κ1) is 23.3. The van der Waals surface area contributed by atoms with Gasteiger partial charge in [0.25, 0.3) is 5.91 Å². The number of aromatic nitrogens is 5. The van der Waals surface area contributed by atoms with Crippen molar-refractivity contribution < 1.29 is 9.18 Å². The van der Waals surface area contributed by atoms with Crippen LogP contribution in [0.2, 0.25) is 10.0 Å². The number of carbonyl (C=O) groups is 1. The van der Waals surface area contributed by atoms with Crippen molar-refractivity contribution in [1.29, 1.82) is 10.5 Å². The van der Waals surface area contributed by atoms with Crippen LogP contribution in [0.3, 0.4) is 0 Å². The van der Waals surface area contributed by atoms with E-state index in [4.69, 9.17) is 40.1 Å². The summed E-state index contributed by atoms with van der Waals surface area (Å²) in [4.78, 5) is 21.7. The smallest absolute Gasteiger partial charge is 0.257 e. The zero-order valence-corrected chi connectivity index (χ0v) is 18.8. The van der Waals surface area contributed by atoms with Gasteiger partial charge >= 0.3 is 0 Å². The average molecular weight is 503 g/mol. The minimum atomic E-state index is -0.714. The minimum absolute atomic E-state index is 0.0110. The Morgan fingerprint density at radius 1 is 1.06 bits per heavy atom. The number of nitrogens with one attached hydrogen (secondary N) is 1. The van der Waals surface area contributed by atoms with Gasteiger partial charge in [0.05, 0.1) is 33.1 Å². The Balaban J connectivity index is 1.61. The van der Waals surface area contributed by atoms with E-state index < -0.39 is 11.7 Å². The third kappa shape index (κ3) is 4.50. The molecule has 0 saturated heterocycles. The second-order valence-corrected chi connectivity index (χ2v) is 7.59. The predicted octanol–water partition coefficient (Wildman–Crippen LogP) is 4.15. The second kappa shape index (κ2) is 9.58. The van der Waals surface area contributed by atoms with Crippen LogP contribution in [-0.2, 0) is 0 Å². The lowest BCUT2D eigenvalue weighted by Gasteiger charge is -2.11. The molecule has 3 heterocycles. The monoisotopic (exact) mass is 502 g/mol. The van der Waals surface area contributed by atoms with Crippen LogP contribution in [0.1, 0.15) is 27.3 Å². The predicted molar refractivity (Wildman–Crippen MR) is 124 cm³/mol. The number of rotatable bonds is 4. The van der Waals surface area contributed by atoms with E-state index >= 15 is 0 Å². The molecule has 0 aliphatic rings. The fraction of sp³-hybridized carbons (Fsp3) is 0. The molecular formula is C23H9Cl2FN8O. The number of benzene rings is 1. The average Bonchev–Trinajstić information content (AvgIpc) is 3.28. The third-order valence-corrected chi connectivity index (χ3v) is 5.25. The highest BCUT2D eigenvalue weighted by Crippen LogP contribution is 2.31. The lowest BCUT2D eigenvalue weighted by molar-refractivity contribution is 0.102. The molecule has 0 aliphatic carbocycles. The van der Waals surface area contributed by atoms with Gasteiger partial charge < -0.3 is 5.32 Å². The van der Waals surface area contributed by atoms with E-state index in [1.165, 1.54) is 30.7 Å². The van der Waals surface area contributed by atoms with Crippen molar-refractivity contribution in [3.63, 3.8) is 0 Å². The maximum Gasteiger partial charge on any atom is 0.257 e. The number of nitrogens with zero attached hydrogens (tertiary/aromatic N) is 7. The van der Waals surface area contributed by atoms with E-state index in [1.807, 2.05) is 0 Å². The summed E-state index contributed by atoms with van der Waals surface area (Å²) in [7, 11) is 0. The summed E-state index contributed by atoms with van der Waals surface area (Å²) in [6, 6.07) is 8.68. The van der Waals surface area contributed by atoms with Gasteiger partial charge in [-0.2, -0.15) is 10.5 Å². The fourth-order valence-corrected chi connectivity index (χ4v) is 3.56. The molecular weight excluding hydrogens is 494 g/mol. The number of nitriles is 2. The lowest BCUT2D eigenvalue weighted by Crippen LogP contribution is -2.14. The number of hydrogen-bond donors (Lipinski definition) is 1. The number of terminal acetylenes is 1. The molecule has 0 atom stereocenters. The molecule has 12 heteroatoms. The van der Waals surface area contributed by atoms with Crippen LogP contribution in [-0.4, -0.2) is 30.9 Å². The largest absolute Gasteiger partial charge is 0.320 e. The maximum atomic E-state index is 14.9. The fourth-order valence-electron chi connectivity index (χ4n) is 3.07. The summed E-state index contributed by atoms with van der Waals surface area (Å²) in [5, 5.41) is 28.3. The van der Waals surface area contributed by atoms with E-state index in [-0.39, 0.29) is 44.1 Å². The van der Waals surface area contributed by atoms with Crippen LogP contribution in [0.15, 0.2) is 42.9 Å². The maximum absolute atomic E-state index is 14.9. The van der Waals surface area contributed by atoms with E-state index in [1.54, 1.807) is 18.2 Å². The van der Waals surface area contributed by atoms with Gasteiger partial charge in [0.15, 0.2) is 5.82 Å². The highest BCUT2D eigenvalue weighted by Gasteiger charge is 2.19. The second-order valence-electron chi connectivity index (χ2n) is 6.77. The van der Waals surface area contributed by atoms with Gasteiger partial charge in [-0.15, -0.1) is 21.4 Å². The molecule has 0 saturated carbocycles. The first-order valence-corrected chi connectivity index (χ1v) is 10.3. The number of hydrogen-bond acceptors (Lipinski definition) is 7. The highest BCUT2D eigenvalue weighted by atomic mass is 35.5. The molecule has 0 bridgehead atoms. The molecule has 0 fully saturated rings. The van der Waals surface area contributed by atoms with Crippen molar-refractivity contribution in [3.05, 3.63) is 81.2 Å². The molecule has 1 aromatic carbocycles. The molecule has 9 nitrogen and oxygen atoms in total. The van der Waals surface area contributed by atoms with Crippen molar-refractivity contribution in [1.82, 2.24) is 25.0 Å². The van der Waals surface area contributed by atoms with Gasteiger partial charge in [-0.25, -0.2) is 9.37 Å². The van der Waals surface area contributed by atoms with Gasteiger partial charge in [-0.3, -0.25) is 9.78 Å². The molecule has 0 aliphatic heterocycles. The van der Waals surface area contributed by atoms with Crippen molar-refractivity contribution in [3.8, 4) is 41.4 Å². The zero-order chi connectivity index (χ0) is 25.1. The number of amides is 1. The minimum Gasteiger partial charge on any atom is -0.320 e. The molecule has 4 aromatic rings. The quantitative estimate of drug-likeness (QED) is 0.414. The van der Waals surface area contributed by atoms with Gasteiger partial charge in [-0.1, -0.05) is 29.1 Å². The topological polar surface area (TPSA) is 133 Å². The Bertz CT molecular complexity index is 1600. The van der Waals surface area contributed by atoms with Crippen molar-refractivity contribution in [2.45, 2.75) is 0 Å². The van der Waals surface area contributed by atoms with Crippen LogP contribution < -0.4 is 5.32 Å². The Kier molecular flexibility index (Phi) is 6.39. The molecule has 1 N–H and O–H groups in total. The first-order valence-electron chi connectivity index (χ1n) is 9.51. The number of halogens is 3. The molecule has 4 rings (SSSR count). The van der Waals surface area contributed by atoms with Crippen LogP contribution in [0.25, 0.3) is 16.9 Å². The van der Waals surface area contributed by atoms with Gasteiger partial charge in [-0.05, 0) is 24.3 Å². The van der Waals surface area contributed by atoms with Crippen LogP contribution in [0.4, 0.5) is 10.1 Å². The Morgan fingerprint density at radius 3 is 2.40 bits per heavy atom. The van der Waals surface area contributed by atoms with Gasteiger partial charge in [0.1, 0.15) is 18.0 Å².